The molecule has 5 rings (SSSR count). The van der Waals surface area contributed by atoms with Gasteiger partial charge in [0, 0.05) is 12.0 Å². The summed E-state index contributed by atoms with van der Waals surface area (Å²) in [4.78, 5) is 0. The van der Waals surface area contributed by atoms with Crippen LogP contribution in [0, 0.1) is 23.7 Å². The molecule has 4 aliphatic carbocycles. The maximum atomic E-state index is 5.45. The standard InChI is InChI=1S/C15H22N2O/c1-16-8-13-7-14(17-18-13)15-11-3-9-2-10(5-11)6-12(15)4-9/h7,9-12,15-16H,2-6,8H2,1H3. The van der Waals surface area contributed by atoms with Crippen LogP contribution in [-0.4, -0.2) is 12.2 Å². The van der Waals surface area contributed by atoms with Crippen LogP contribution < -0.4 is 5.32 Å². The van der Waals surface area contributed by atoms with Gasteiger partial charge in [0.25, 0.3) is 0 Å². The van der Waals surface area contributed by atoms with Crippen molar-refractivity contribution in [2.75, 3.05) is 7.05 Å². The van der Waals surface area contributed by atoms with Gasteiger partial charge in [-0.15, -0.1) is 0 Å². The van der Waals surface area contributed by atoms with Crippen molar-refractivity contribution in [3.63, 3.8) is 0 Å². The van der Waals surface area contributed by atoms with Crippen molar-refractivity contribution in [3.05, 3.63) is 17.5 Å². The van der Waals surface area contributed by atoms with E-state index in [0.29, 0.717) is 5.92 Å². The number of aromatic nitrogens is 1. The number of hydrogen-bond acceptors (Lipinski definition) is 3. The van der Waals surface area contributed by atoms with E-state index in [1.54, 1.807) is 0 Å². The molecule has 0 aliphatic heterocycles. The van der Waals surface area contributed by atoms with Gasteiger partial charge in [-0.25, -0.2) is 0 Å². The highest BCUT2D eigenvalue weighted by Gasteiger charge is 2.49. The van der Waals surface area contributed by atoms with Crippen LogP contribution in [0.25, 0.3) is 0 Å². The van der Waals surface area contributed by atoms with Gasteiger partial charge in [-0.05, 0) is 62.8 Å². The molecule has 0 aromatic carbocycles. The molecule has 0 amide bonds. The first-order chi connectivity index (χ1) is 8.83. The molecule has 0 unspecified atom stereocenters. The lowest BCUT2D eigenvalue weighted by Gasteiger charge is -2.53. The third-order valence-corrected chi connectivity index (χ3v) is 5.50. The second kappa shape index (κ2) is 4.09. The Hall–Kier alpha value is -0.830. The van der Waals surface area contributed by atoms with Crippen LogP contribution in [0.3, 0.4) is 0 Å². The van der Waals surface area contributed by atoms with Crippen molar-refractivity contribution < 1.29 is 4.52 Å². The van der Waals surface area contributed by atoms with Gasteiger partial charge in [-0.1, -0.05) is 5.16 Å². The van der Waals surface area contributed by atoms with Crippen LogP contribution in [0.15, 0.2) is 10.6 Å². The van der Waals surface area contributed by atoms with E-state index in [2.05, 4.69) is 16.5 Å². The minimum Gasteiger partial charge on any atom is -0.360 e. The molecule has 4 fully saturated rings. The van der Waals surface area contributed by atoms with Crippen LogP contribution in [0.1, 0.15) is 49.5 Å². The van der Waals surface area contributed by atoms with Gasteiger partial charge in [0.1, 0.15) is 0 Å². The van der Waals surface area contributed by atoms with E-state index >= 15 is 0 Å². The molecular formula is C15H22N2O. The van der Waals surface area contributed by atoms with Crippen molar-refractivity contribution >= 4 is 0 Å². The average molecular weight is 246 g/mol. The van der Waals surface area contributed by atoms with Crippen LogP contribution in [0.4, 0.5) is 0 Å². The molecule has 4 saturated carbocycles. The lowest BCUT2D eigenvalue weighted by molar-refractivity contribution is -0.00506. The van der Waals surface area contributed by atoms with E-state index in [9.17, 15) is 0 Å². The van der Waals surface area contributed by atoms with Gasteiger partial charge in [0.05, 0.1) is 12.2 Å². The molecule has 4 bridgehead atoms. The minimum absolute atomic E-state index is 0.701. The summed E-state index contributed by atoms with van der Waals surface area (Å²) in [6.45, 7) is 0.792. The molecule has 1 N–H and O–H groups in total. The molecule has 1 heterocycles. The summed E-state index contributed by atoms with van der Waals surface area (Å²) >= 11 is 0. The highest BCUT2D eigenvalue weighted by molar-refractivity contribution is 5.17. The quantitative estimate of drug-likeness (QED) is 0.891. The highest BCUT2D eigenvalue weighted by atomic mass is 16.5. The van der Waals surface area contributed by atoms with Crippen LogP contribution in [-0.2, 0) is 6.54 Å². The molecule has 4 aliphatic rings. The molecular weight excluding hydrogens is 224 g/mol. The largest absolute Gasteiger partial charge is 0.360 e. The summed E-state index contributed by atoms with van der Waals surface area (Å²) in [5.41, 5.74) is 1.24. The zero-order valence-corrected chi connectivity index (χ0v) is 11.1. The second-order valence-electron chi connectivity index (χ2n) is 6.70. The maximum Gasteiger partial charge on any atom is 0.150 e. The van der Waals surface area contributed by atoms with Gasteiger partial charge in [-0.2, -0.15) is 0 Å². The Labute approximate surface area is 108 Å². The zero-order chi connectivity index (χ0) is 12.1. The summed E-state index contributed by atoms with van der Waals surface area (Å²) in [6.07, 6.45) is 7.32. The van der Waals surface area contributed by atoms with E-state index < -0.39 is 0 Å². The van der Waals surface area contributed by atoms with E-state index in [4.69, 9.17) is 4.52 Å². The fraction of sp³-hybridized carbons (Fsp3) is 0.800. The Morgan fingerprint density at radius 2 is 1.83 bits per heavy atom. The predicted octanol–water partition coefficient (Wildman–Crippen LogP) is 2.93. The Balaban J connectivity index is 1.60. The van der Waals surface area contributed by atoms with Crippen LogP contribution in [0.2, 0.25) is 0 Å². The Bertz CT molecular complexity index is 411. The molecule has 98 valence electrons. The Kier molecular flexibility index (Phi) is 2.51. The smallest absolute Gasteiger partial charge is 0.150 e. The molecule has 18 heavy (non-hydrogen) atoms. The van der Waals surface area contributed by atoms with Crippen molar-refractivity contribution in [1.29, 1.82) is 0 Å². The molecule has 1 aromatic rings. The third kappa shape index (κ3) is 1.63. The topological polar surface area (TPSA) is 38.1 Å². The van der Waals surface area contributed by atoms with E-state index in [1.807, 2.05) is 7.05 Å². The summed E-state index contributed by atoms with van der Waals surface area (Å²) in [6, 6.07) is 2.20. The first kappa shape index (κ1) is 11.0. The molecule has 0 atom stereocenters. The van der Waals surface area contributed by atoms with E-state index in [-0.39, 0.29) is 0 Å². The van der Waals surface area contributed by atoms with Gasteiger partial charge in [-0.3, -0.25) is 0 Å². The third-order valence-electron chi connectivity index (χ3n) is 5.50. The number of hydrogen-bond donors (Lipinski definition) is 1. The van der Waals surface area contributed by atoms with E-state index in [1.165, 1.54) is 37.8 Å². The summed E-state index contributed by atoms with van der Waals surface area (Å²) in [5, 5.41) is 7.50. The van der Waals surface area contributed by atoms with Crippen LogP contribution in [0.5, 0.6) is 0 Å². The summed E-state index contributed by atoms with van der Waals surface area (Å²) < 4.78 is 5.45. The summed E-state index contributed by atoms with van der Waals surface area (Å²) in [5.74, 6) is 5.55. The lowest BCUT2D eigenvalue weighted by Crippen LogP contribution is -2.43. The van der Waals surface area contributed by atoms with Gasteiger partial charge < -0.3 is 9.84 Å². The van der Waals surface area contributed by atoms with Crippen LogP contribution >= 0.6 is 0 Å². The van der Waals surface area contributed by atoms with Crippen molar-refractivity contribution in [1.82, 2.24) is 10.5 Å². The van der Waals surface area contributed by atoms with Gasteiger partial charge >= 0.3 is 0 Å². The highest BCUT2D eigenvalue weighted by Crippen LogP contribution is 2.59. The summed E-state index contributed by atoms with van der Waals surface area (Å²) in [7, 11) is 1.95. The molecule has 3 nitrogen and oxygen atoms in total. The monoisotopic (exact) mass is 246 g/mol. The molecule has 1 aromatic heterocycles. The SMILES string of the molecule is CNCc1cc(C2C3CC4CC(C3)CC2C4)no1. The Morgan fingerprint density at radius 3 is 2.44 bits per heavy atom. The first-order valence-electron chi connectivity index (χ1n) is 7.43. The first-order valence-corrected chi connectivity index (χ1v) is 7.43. The Morgan fingerprint density at radius 1 is 1.17 bits per heavy atom. The van der Waals surface area contributed by atoms with Crippen molar-refractivity contribution in [2.45, 2.75) is 44.6 Å². The average Bonchev–Trinajstić information content (AvgIpc) is 2.76. The number of nitrogens with zero attached hydrogens (tertiary/aromatic N) is 1. The zero-order valence-electron chi connectivity index (χ0n) is 11.1. The van der Waals surface area contributed by atoms with Crippen molar-refractivity contribution in [3.8, 4) is 0 Å². The predicted molar refractivity (Wildman–Crippen MR) is 69.1 cm³/mol. The normalized spacial score (nSPS) is 41.5. The van der Waals surface area contributed by atoms with E-state index in [0.717, 1.165) is 36.0 Å². The fourth-order valence-electron chi connectivity index (χ4n) is 5.15. The maximum absolute atomic E-state index is 5.45. The fourth-order valence-corrected chi connectivity index (χ4v) is 5.15. The number of rotatable bonds is 3. The molecule has 0 spiro atoms. The second-order valence-corrected chi connectivity index (χ2v) is 6.70. The van der Waals surface area contributed by atoms with Crippen molar-refractivity contribution in [2.24, 2.45) is 23.7 Å². The minimum atomic E-state index is 0.701. The number of nitrogens with one attached hydrogen (secondary N) is 1. The molecule has 3 heteroatoms. The van der Waals surface area contributed by atoms with Gasteiger partial charge in [0.2, 0.25) is 0 Å². The molecule has 0 saturated heterocycles. The molecule has 0 radical (unpaired) electrons. The lowest BCUT2D eigenvalue weighted by atomic mass is 9.51. The van der Waals surface area contributed by atoms with Gasteiger partial charge in [0.15, 0.2) is 5.76 Å².